The van der Waals surface area contributed by atoms with Gasteiger partial charge in [-0.15, -0.1) is 11.8 Å². The number of hydrogen-bond donors (Lipinski definition) is 2. The summed E-state index contributed by atoms with van der Waals surface area (Å²) in [4.78, 5) is 25.7. The van der Waals surface area contributed by atoms with Gasteiger partial charge in [0.2, 0.25) is 11.8 Å². The number of methoxy groups -OCH3 is 1. The van der Waals surface area contributed by atoms with E-state index in [1.54, 1.807) is 7.11 Å². The fourth-order valence-corrected chi connectivity index (χ4v) is 4.08. The molecule has 0 radical (unpaired) electrons. The Labute approximate surface area is 157 Å². The van der Waals surface area contributed by atoms with Crippen molar-refractivity contribution in [1.82, 2.24) is 5.32 Å². The minimum absolute atomic E-state index is 0.128. The van der Waals surface area contributed by atoms with Gasteiger partial charge in [-0.25, -0.2) is 0 Å². The maximum atomic E-state index is 12.5. The molecule has 136 valence electrons. The lowest BCUT2D eigenvalue weighted by atomic mass is 10.0. The van der Waals surface area contributed by atoms with Gasteiger partial charge >= 0.3 is 0 Å². The first kappa shape index (κ1) is 18.3. The standard InChI is InChI=1S/C20H22N2O3S/c1-12-8-9-16(25-3)14(10-12)13(2)21-19(23)11-18-20(24)22-15-6-4-5-7-17(15)26-18/h4-10,13,18H,11H2,1-3H3,(H,21,23)(H,22,24)/t13-,18-/m1/s1. The zero-order valence-corrected chi connectivity index (χ0v) is 15.9. The molecule has 0 spiro atoms. The van der Waals surface area contributed by atoms with Crippen molar-refractivity contribution in [3.63, 3.8) is 0 Å². The van der Waals surface area contributed by atoms with E-state index in [0.29, 0.717) is 0 Å². The second kappa shape index (κ2) is 7.83. The van der Waals surface area contributed by atoms with E-state index in [9.17, 15) is 9.59 Å². The molecule has 3 rings (SSSR count). The van der Waals surface area contributed by atoms with Crippen molar-refractivity contribution in [1.29, 1.82) is 0 Å². The molecular formula is C20H22N2O3S. The number of para-hydroxylation sites is 1. The van der Waals surface area contributed by atoms with E-state index in [2.05, 4.69) is 10.6 Å². The third kappa shape index (κ3) is 4.02. The van der Waals surface area contributed by atoms with Crippen LogP contribution in [0, 0.1) is 6.92 Å². The first-order valence-electron chi connectivity index (χ1n) is 8.48. The maximum absolute atomic E-state index is 12.5. The first-order valence-corrected chi connectivity index (χ1v) is 9.36. The number of rotatable bonds is 5. The average molecular weight is 370 g/mol. The fourth-order valence-electron chi connectivity index (χ4n) is 2.97. The number of thioether (sulfide) groups is 1. The Morgan fingerprint density at radius 1 is 1.31 bits per heavy atom. The summed E-state index contributed by atoms with van der Waals surface area (Å²) < 4.78 is 5.39. The molecule has 0 aromatic heterocycles. The lowest BCUT2D eigenvalue weighted by Crippen LogP contribution is -2.35. The smallest absolute Gasteiger partial charge is 0.238 e. The van der Waals surface area contributed by atoms with Gasteiger partial charge in [0.1, 0.15) is 5.75 Å². The van der Waals surface area contributed by atoms with Gasteiger partial charge in [-0.3, -0.25) is 9.59 Å². The molecule has 2 N–H and O–H groups in total. The molecule has 2 aromatic rings. The second-order valence-electron chi connectivity index (χ2n) is 6.33. The monoisotopic (exact) mass is 370 g/mol. The predicted octanol–water partition coefficient (Wildman–Crippen LogP) is 3.68. The van der Waals surface area contributed by atoms with E-state index in [-0.39, 0.29) is 24.3 Å². The third-order valence-corrected chi connectivity index (χ3v) is 5.58. The number of amides is 2. The van der Waals surface area contributed by atoms with Gasteiger partial charge in [0.15, 0.2) is 0 Å². The zero-order valence-electron chi connectivity index (χ0n) is 15.0. The van der Waals surface area contributed by atoms with Crippen LogP contribution in [0.1, 0.15) is 30.5 Å². The Hall–Kier alpha value is -2.47. The van der Waals surface area contributed by atoms with Crippen molar-refractivity contribution in [2.45, 2.75) is 36.5 Å². The van der Waals surface area contributed by atoms with E-state index >= 15 is 0 Å². The highest BCUT2D eigenvalue weighted by molar-refractivity contribution is 8.01. The molecule has 0 bridgehead atoms. The number of carbonyl (C=O) groups is 2. The Kier molecular flexibility index (Phi) is 5.52. The zero-order chi connectivity index (χ0) is 18.7. The number of fused-ring (bicyclic) bond motifs is 1. The fraction of sp³-hybridized carbons (Fsp3) is 0.300. The number of ether oxygens (including phenoxy) is 1. The number of aryl methyl sites for hydroxylation is 1. The Bertz CT molecular complexity index is 838. The molecule has 2 amide bonds. The van der Waals surface area contributed by atoms with Gasteiger partial charge in [-0.05, 0) is 32.0 Å². The van der Waals surface area contributed by atoms with Crippen LogP contribution >= 0.6 is 11.8 Å². The van der Waals surface area contributed by atoms with Crippen LogP contribution in [0.15, 0.2) is 47.4 Å². The van der Waals surface area contributed by atoms with E-state index in [4.69, 9.17) is 4.74 Å². The molecule has 0 unspecified atom stereocenters. The number of anilines is 1. The molecular weight excluding hydrogens is 348 g/mol. The van der Waals surface area contributed by atoms with Crippen molar-refractivity contribution in [3.05, 3.63) is 53.6 Å². The van der Waals surface area contributed by atoms with E-state index in [1.807, 2.05) is 56.3 Å². The quantitative estimate of drug-likeness (QED) is 0.842. The van der Waals surface area contributed by atoms with Crippen molar-refractivity contribution >= 4 is 29.3 Å². The summed E-state index contributed by atoms with van der Waals surface area (Å²) in [5.74, 6) is 0.444. The van der Waals surface area contributed by atoms with Gasteiger partial charge in [0, 0.05) is 16.9 Å². The first-order chi connectivity index (χ1) is 12.5. The molecule has 2 atom stereocenters. The van der Waals surface area contributed by atoms with Crippen LogP contribution in [0.25, 0.3) is 0 Å². The summed E-state index contributed by atoms with van der Waals surface area (Å²) in [7, 11) is 1.61. The largest absolute Gasteiger partial charge is 0.496 e. The molecule has 0 saturated carbocycles. The molecule has 1 aliphatic rings. The third-order valence-electron chi connectivity index (χ3n) is 4.31. The van der Waals surface area contributed by atoms with Crippen LogP contribution in [0.4, 0.5) is 5.69 Å². The van der Waals surface area contributed by atoms with Crippen LogP contribution in [0.5, 0.6) is 5.75 Å². The van der Waals surface area contributed by atoms with Crippen LogP contribution in [-0.2, 0) is 9.59 Å². The Morgan fingerprint density at radius 3 is 2.85 bits per heavy atom. The molecule has 1 heterocycles. The molecule has 0 aliphatic carbocycles. The number of carbonyl (C=O) groups excluding carboxylic acids is 2. The molecule has 26 heavy (non-hydrogen) atoms. The van der Waals surface area contributed by atoms with Crippen molar-refractivity contribution in [2.24, 2.45) is 0 Å². The number of benzene rings is 2. The van der Waals surface area contributed by atoms with E-state index < -0.39 is 5.25 Å². The highest BCUT2D eigenvalue weighted by Crippen LogP contribution is 2.36. The predicted molar refractivity (Wildman–Crippen MR) is 104 cm³/mol. The molecule has 5 nitrogen and oxygen atoms in total. The van der Waals surface area contributed by atoms with Gasteiger partial charge in [-0.2, -0.15) is 0 Å². The SMILES string of the molecule is COc1ccc(C)cc1[C@@H](C)NC(=O)C[C@H]1Sc2ccccc2NC1=O. The summed E-state index contributed by atoms with van der Waals surface area (Å²) in [6.45, 7) is 3.91. The van der Waals surface area contributed by atoms with Crippen LogP contribution in [0.2, 0.25) is 0 Å². The minimum atomic E-state index is -0.434. The molecule has 0 saturated heterocycles. The topological polar surface area (TPSA) is 67.4 Å². The summed E-state index contributed by atoms with van der Waals surface area (Å²) >= 11 is 1.43. The van der Waals surface area contributed by atoms with Gasteiger partial charge in [0.25, 0.3) is 0 Å². The van der Waals surface area contributed by atoms with Gasteiger partial charge in [-0.1, -0.05) is 29.8 Å². The number of hydrogen-bond acceptors (Lipinski definition) is 4. The van der Waals surface area contributed by atoms with Crippen LogP contribution in [-0.4, -0.2) is 24.2 Å². The van der Waals surface area contributed by atoms with Crippen molar-refractivity contribution in [3.8, 4) is 5.75 Å². The lowest BCUT2D eigenvalue weighted by Gasteiger charge is -2.24. The minimum Gasteiger partial charge on any atom is -0.496 e. The lowest BCUT2D eigenvalue weighted by molar-refractivity contribution is -0.124. The maximum Gasteiger partial charge on any atom is 0.238 e. The highest BCUT2D eigenvalue weighted by Gasteiger charge is 2.29. The van der Waals surface area contributed by atoms with E-state index in [0.717, 1.165) is 27.5 Å². The van der Waals surface area contributed by atoms with E-state index in [1.165, 1.54) is 11.8 Å². The summed E-state index contributed by atoms with van der Waals surface area (Å²) in [6.07, 6.45) is 0.128. The molecule has 2 aromatic carbocycles. The average Bonchev–Trinajstić information content (AvgIpc) is 2.62. The van der Waals surface area contributed by atoms with Gasteiger partial charge < -0.3 is 15.4 Å². The molecule has 1 aliphatic heterocycles. The van der Waals surface area contributed by atoms with Crippen LogP contribution in [0.3, 0.4) is 0 Å². The summed E-state index contributed by atoms with van der Waals surface area (Å²) in [6, 6.07) is 13.3. The Balaban J connectivity index is 1.66. The Morgan fingerprint density at radius 2 is 2.08 bits per heavy atom. The summed E-state index contributed by atoms with van der Waals surface area (Å²) in [5, 5.41) is 5.41. The van der Waals surface area contributed by atoms with Crippen LogP contribution < -0.4 is 15.4 Å². The second-order valence-corrected chi connectivity index (χ2v) is 7.58. The molecule has 0 fully saturated rings. The van der Waals surface area contributed by atoms with Crippen molar-refractivity contribution < 1.29 is 14.3 Å². The highest BCUT2D eigenvalue weighted by atomic mass is 32.2. The van der Waals surface area contributed by atoms with Gasteiger partial charge in [0.05, 0.1) is 24.1 Å². The van der Waals surface area contributed by atoms with Crippen molar-refractivity contribution in [2.75, 3.05) is 12.4 Å². The normalized spacial score (nSPS) is 17.0. The molecule has 6 heteroatoms. The summed E-state index contributed by atoms with van der Waals surface area (Å²) in [5.41, 5.74) is 2.82. The number of nitrogens with one attached hydrogen (secondary N) is 2.